The van der Waals surface area contributed by atoms with Gasteiger partial charge >= 0.3 is 0 Å². The second kappa shape index (κ2) is 5.10. The average molecular weight is 198 g/mol. The number of hydrogen-bond donors (Lipinski definition) is 1. The van der Waals surface area contributed by atoms with Crippen LogP contribution in [0.3, 0.4) is 0 Å². The van der Waals surface area contributed by atoms with Crippen molar-refractivity contribution in [3.63, 3.8) is 0 Å². The quantitative estimate of drug-likeness (QED) is 0.714. The molecule has 0 saturated carbocycles. The van der Waals surface area contributed by atoms with Crippen LogP contribution in [0, 0.1) is 0 Å². The van der Waals surface area contributed by atoms with Gasteiger partial charge in [0.1, 0.15) is 0 Å². The predicted molar refractivity (Wildman–Crippen MR) is 57.4 cm³/mol. The molecule has 0 aliphatic carbocycles. The lowest BCUT2D eigenvalue weighted by Crippen LogP contribution is -2.38. The summed E-state index contributed by atoms with van der Waals surface area (Å²) < 4.78 is 0. The Bertz CT molecular complexity index is 169. The maximum atomic E-state index is 9.17. The van der Waals surface area contributed by atoms with Crippen LogP contribution in [0.15, 0.2) is 0 Å². The summed E-state index contributed by atoms with van der Waals surface area (Å²) in [6, 6.07) is 0.456. The Morgan fingerprint density at radius 1 is 1.00 bits per heavy atom. The number of aliphatic hydroxyl groups is 1. The highest BCUT2D eigenvalue weighted by Gasteiger charge is 2.24. The Kier molecular flexibility index (Phi) is 3.79. The van der Waals surface area contributed by atoms with Gasteiger partial charge in [0.15, 0.2) is 0 Å². The van der Waals surface area contributed by atoms with Gasteiger partial charge in [0.05, 0.1) is 6.61 Å². The number of likely N-dealkylation sites (tertiary alicyclic amines) is 2. The summed E-state index contributed by atoms with van der Waals surface area (Å²) in [5.74, 6) is 0. The van der Waals surface area contributed by atoms with Gasteiger partial charge in [-0.25, -0.2) is 0 Å². The monoisotopic (exact) mass is 198 g/mol. The van der Waals surface area contributed by atoms with Crippen LogP contribution in [0.4, 0.5) is 0 Å². The van der Waals surface area contributed by atoms with Crippen molar-refractivity contribution in [3.8, 4) is 0 Å². The average Bonchev–Trinajstić information content (AvgIpc) is 2.85. The molecule has 2 heterocycles. The SMILES string of the molecule is OCC1CCCN1CCN1CCCC1. The maximum absolute atomic E-state index is 9.17. The van der Waals surface area contributed by atoms with E-state index in [0.29, 0.717) is 12.6 Å². The van der Waals surface area contributed by atoms with E-state index in [1.54, 1.807) is 0 Å². The minimum Gasteiger partial charge on any atom is -0.395 e. The van der Waals surface area contributed by atoms with Crippen LogP contribution in [0.1, 0.15) is 25.7 Å². The lowest BCUT2D eigenvalue weighted by molar-refractivity contribution is 0.146. The lowest BCUT2D eigenvalue weighted by Gasteiger charge is -2.25. The maximum Gasteiger partial charge on any atom is 0.0586 e. The zero-order chi connectivity index (χ0) is 9.80. The summed E-state index contributed by atoms with van der Waals surface area (Å²) in [4.78, 5) is 5.01. The van der Waals surface area contributed by atoms with Crippen LogP contribution in [0.5, 0.6) is 0 Å². The van der Waals surface area contributed by atoms with E-state index in [0.717, 1.165) is 6.54 Å². The Hall–Kier alpha value is -0.120. The van der Waals surface area contributed by atoms with Crippen LogP contribution in [-0.4, -0.2) is 60.3 Å². The first-order valence-electron chi connectivity index (χ1n) is 5.97. The Morgan fingerprint density at radius 2 is 1.79 bits per heavy atom. The summed E-state index contributed by atoms with van der Waals surface area (Å²) in [5, 5.41) is 9.17. The number of aliphatic hydroxyl groups excluding tert-OH is 1. The van der Waals surface area contributed by atoms with E-state index in [9.17, 15) is 5.11 Å². The van der Waals surface area contributed by atoms with E-state index >= 15 is 0 Å². The zero-order valence-electron chi connectivity index (χ0n) is 8.99. The van der Waals surface area contributed by atoms with Gasteiger partial charge in [-0.05, 0) is 45.3 Å². The smallest absolute Gasteiger partial charge is 0.0586 e. The van der Waals surface area contributed by atoms with Crippen molar-refractivity contribution < 1.29 is 5.11 Å². The molecule has 1 atom stereocenters. The van der Waals surface area contributed by atoms with Gasteiger partial charge in [-0.2, -0.15) is 0 Å². The molecule has 2 aliphatic heterocycles. The largest absolute Gasteiger partial charge is 0.395 e. The molecule has 1 N–H and O–H groups in total. The third-order valence-electron chi connectivity index (χ3n) is 3.61. The normalized spacial score (nSPS) is 30.2. The Balaban J connectivity index is 1.68. The molecule has 0 aromatic carbocycles. The minimum atomic E-state index is 0.347. The van der Waals surface area contributed by atoms with Crippen LogP contribution in [-0.2, 0) is 0 Å². The van der Waals surface area contributed by atoms with Gasteiger partial charge in [-0.1, -0.05) is 0 Å². The standard InChI is InChI=1S/C11H22N2O/c14-10-11-4-3-7-13(11)9-8-12-5-1-2-6-12/h11,14H,1-10H2. The van der Waals surface area contributed by atoms with Gasteiger partial charge in [-0.3, -0.25) is 4.90 Å². The summed E-state index contributed by atoms with van der Waals surface area (Å²) >= 11 is 0. The molecule has 0 aromatic heterocycles. The third-order valence-corrected chi connectivity index (χ3v) is 3.61. The van der Waals surface area contributed by atoms with Gasteiger partial charge in [0, 0.05) is 19.1 Å². The molecule has 3 nitrogen and oxygen atoms in total. The van der Waals surface area contributed by atoms with Crippen molar-refractivity contribution >= 4 is 0 Å². The van der Waals surface area contributed by atoms with Crippen molar-refractivity contribution in [3.05, 3.63) is 0 Å². The van der Waals surface area contributed by atoms with Gasteiger partial charge < -0.3 is 10.0 Å². The fourth-order valence-corrected chi connectivity index (χ4v) is 2.67. The highest BCUT2D eigenvalue weighted by Crippen LogP contribution is 2.16. The topological polar surface area (TPSA) is 26.7 Å². The molecule has 1 unspecified atom stereocenters. The molecule has 2 aliphatic rings. The van der Waals surface area contributed by atoms with Crippen molar-refractivity contribution in [1.82, 2.24) is 9.80 Å². The molecule has 0 spiro atoms. The Morgan fingerprint density at radius 3 is 2.50 bits per heavy atom. The van der Waals surface area contributed by atoms with E-state index in [1.165, 1.54) is 51.9 Å². The lowest BCUT2D eigenvalue weighted by atomic mass is 10.2. The molecule has 0 bridgehead atoms. The van der Waals surface area contributed by atoms with Crippen LogP contribution < -0.4 is 0 Å². The Labute approximate surface area is 86.7 Å². The first-order chi connectivity index (χ1) is 6.90. The van der Waals surface area contributed by atoms with Crippen molar-refractivity contribution in [2.45, 2.75) is 31.7 Å². The molecule has 0 amide bonds. The molecule has 0 aromatic rings. The fourth-order valence-electron chi connectivity index (χ4n) is 2.67. The summed E-state index contributed by atoms with van der Waals surface area (Å²) in [6.07, 6.45) is 5.22. The minimum absolute atomic E-state index is 0.347. The first kappa shape index (κ1) is 10.4. The van der Waals surface area contributed by atoms with Crippen LogP contribution in [0.2, 0.25) is 0 Å². The molecular formula is C11H22N2O. The van der Waals surface area contributed by atoms with E-state index in [1.807, 2.05) is 0 Å². The molecule has 2 rings (SSSR count). The van der Waals surface area contributed by atoms with E-state index in [-0.39, 0.29) is 0 Å². The van der Waals surface area contributed by atoms with E-state index < -0.39 is 0 Å². The molecule has 82 valence electrons. The summed E-state index contributed by atoms with van der Waals surface area (Å²) in [6.45, 7) is 6.48. The van der Waals surface area contributed by atoms with Gasteiger partial charge in [0.2, 0.25) is 0 Å². The second-order valence-corrected chi connectivity index (χ2v) is 4.56. The van der Waals surface area contributed by atoms with Crippen LogP contribution in [0.25, 0.3) is 0 Å². The van der Waals surface area contributed by atoms with E-state index in [2.05, 4.69) is 9.80 Å². The van der Waals surface area contributed by atoms with Gasteiger partial charge in [0.25, 0.3) is 0 Å². The zero-order valence-corrected chi connectivity index (χ0v) is 8.99. The predicted octanol–water partition coefficient (Wildman–Crippen LogP) is 0.539. The second-order valence-electron chi connectivity index (χ2n) is 4.56. The highest BCUT2D eigenvalue weighted by molar-refractivity contribution is 4.79. The third kappa shape index (κ3) is 2.47. The number of rotatable bonds is 4. The van der Waals surface area contributed by atoms with E-state index in [4.69, 9.17) is 0 Å². The molecule has 3 heteroatoms. The highest BCUT2D eigenvalue weighted by atomic mass is 16.3. The molecule has 14 heavy (non-hydrogen) atoms. The van der Waals surface area contributed by atoms with Gasteiger partial charge in [-0.15, -0.1) is 0 Å². The molecule has 2 saturated heterocycles. The van der Waals surface area contributed by atoms with Crippen molar-refractivity contribution in [2.24, 2.45) is 0 Å². The fraction of sp³-hybridized carbons (Fsp3) is 1.00. The molecule has 2 fully saturated rings. The molecular weight excluding hydrogens is 176 g/mol. The first-order valence-corrected chi connectivity index (χ1v) is 5.97. The summed E-state index contributed by atoms with van der Waals surface area (Å²) in [5.41, 5.74) is 0. The number of hydrogen-bond acceptors (Lipinski definition) is 3. The van der Waals surface area contributed by atoms with Crippen LogP contribution >= 0.6 is 0 Å². The summed E-state index contributed by atoms with van der Waals surface area (Å²) in [7, 11) is 0. The number of nitrogens with zero attached hydrogens (tertiary/aromatic N) is 2. The molecule has 0 radical (unpaired) electrons. The van der Waals surface area contributed by atoms with Crippen molar-refractivity contribution in [1.29, 1.82) is 0 Å². The van der Waals surface area contributed by atoms with Crippen molar-refractivity contribution in [2.75, 3.05) is 39.3 Å².